The average Bonchev–Trinajstić information content (AvgIpc) is 3.85. The molecule has 4 fully saturated rings. The summed E-state index contributed by atoms with van der Waals surface area (Å²) in [5.74, 6) is -8.27. The third-order valence-electron chi connectivity index (χ3n) is 11.2. The summed E-state index contributed by atoms with van der Waals surface area (Å²) in [5.41, 5.74) is 0.123. The van der Waals surface area contributed by atoms with E-state index in [-0.39, 0.29) is 62.7 Å². The number of nitrogens with zero attached hydrogens (tertiary/aromatic N) is 3. The molecule has 2 aromatic carbocycles. The molecule has 6 amide bonds. The van der Waals surface area contributed by atoms with E-state index in [0.29, 0.717) is 12.5 Å². The van der Waals surface area contributed by atoms with Crippen LogP contribution in [0, 0.1) is 17.6 Å². The Hall–Kier alpha value is -5.86. The van der Waals surface area contributed by atoms with Gasteiger partial charge in [0, 0.05) is 32.1 Å². The third-order valence-corrected chi connectivity index (χ3v) is 11.2. The molecule has 4 heterocycles. The lowest BCUT2D eigenvalue weighted by Gasteiger charge is -2.39. The third kappa shape index (κ3) is 11.0. The van der Waals surface area contributed by atoms with E-state index in [1.807, 2.05) is 6.92 Å². The Morgan fingerprint density at radius 3 is 2.23 bits per heavy atom. The zero-order valence-corrected chi connectivity index (χ0v) is 34.0. The van der Waals surface area contributed by atoms with Crippen molar-refractivity contribution >= 4 is 41.4 Å². The van der Waals surface area contributed by atoms with Gasteiger partial charge in [-0.2, -0.15) is 0 Å². The van der Waals surface area contributed by atoms with Crippen LogP contribution < -0.4 is 20.7 Å². The Balaban J connectivity index is 1.32. The van der Waals surface area contributed by atoms with E-state index in [4.69, 9.17) is 9.47 Å². The molecule has 16 nitrogen and oxygen atoms in total. The molecule has 336 valence electrons. The maximum atomic E-state index is 14.7. The SMILES string of the molecule is C[C@H]1CC2C(=O)O[C@@H](C)[C@H](NC(=O)[C@H](Cc3cc(F)cc(F)c3)NC(=O)Cc3ccc(OC(F)(F)F)cc3)C(=O)N3CCCC3C(=O)N3CCOCC3C(=O)N[C@@H](C)C(=O)N2C1. The first-order valence-corrected chi connectivity index (χ1v) is 20.2. The van der Waals surface area contributed by atoms with E-state index in [1.54, 1.807) is 0 Å². The quantitative estimate of drug-likeness (QED) is 0.259. The number of amides is 6. The summed E-state index contributed by atoms with van der Waals surface area (Å²) >= 11 is 0. The first-order chi connectivity index (χ1) is 29.3. The molecule has 2 aromatic rings. The van der Waals surface area contributed by atoms with Crippen molar-refractivity contribution in [1.29, 1.82) is 0 Å². The summed E-state index contributed by atoms with van der Waals surface area (Å²) in [7, 11) is 0. The monoisotopic (exact) mass is 878 g/mol. The number of carbonyl (C=O) groups is 7. The second-order valence-electron chi connectivity index (χ2n) is 16.0. The molecular weight excluding hydrogens is 831 g/mol. The Kier molecular flexibility index (Phi) is 14.0. The molecule has 21 heteroatoms. The van der Waals surface area contributed by atoms with Gasteiger partial charge in [-0.1, -0.05) is 19.1 Å². The first kappa shape index (κ1) is 45.7. The minimum absolute atomic E-state index is 0.00873. The van der Waals surface area contributed by atoms with Crippen molar-refractivity contribution in [1.82, 2.24) is 30.7 Å². The minimum atomic E-state index is -4.96. The molecule has 3 unspecified atom stereocenters. The summed E-state index contributed by atoms with van der Waals surface area (Å²) in [6, 6.07) is -1.16. The van der Waals surface area contributed by atoms with Gasteiger partial charge in [-0.25, -0.2) is 13.6 Å². The smallest absolute Gasteiger partial charge is 0.458 e. The van der Waals surface area contributed by atoms with Gasteiger partial charge in [0.2, 0.25) is 35.4 Å². The molecule has 0 radical (unpaired) electrons. The van der Waals surface area contributed by atoms with Gasteiger partial charge in [0.05, 0.1) is 19.6 Å². The minimum Gasteiger partial charge on any atom is -0.458 e. The molecular formula is C41H47F5N6O10. The number of hydrogen-bond acceptors (Lipinski definition) is 10. The van der Waals surface area contributed by atoms with E-state index >= 15 is 0 Å². The van der Waals surface area contributed by atoms with Crippen LogP contribution >= 0.6 is 0 Å². The molecule has 62 heavy (non-hydrogen) atoms. The highest BCUT2D eigenvalue weighted by atomic mass is 19.4. The van der Waals surface area contributed by atoms with Crippen molar-refractivity contribution < 1.29 is 69.7 Å². The number of ether oxygens (including phenoxy) is 3. The van der Waals surface area contributed by atoms with Crippen LogP contribution in [0.3, 0.4) is 0 Å². The zero-order chi connectivity index (χ0) is 45.0. The van der Waals surface area contributed by atoms with E-state index in [2.05, 4.69) is 20.7 Å². The van der Waals surface area contributed by atoms with Gasteiger partial charge in [-0.3, -0.25) is 28.8 Å². The molecule has 0 aliphatic carbocycles. The maximum absolute atomic E-state index is 14.7. The average molecular weight is 879 g/mol. The lowest BCUT2D eigenvalue weighted by molar-refractivity contribution is -0.274. The highest BCUT2D eigenvalue weighted by Gasteiger charge is 2.47. The fraction of sp³-hybridized carbons (Fsp3) is 0.537. The second-order valence-corrected chi connectivity index (χ2v) is 16.0. The molecule has 8 atom stereocenters. The van der Waals surface area contributed by atoms with E-state index < -0.39 is 120 Å². The van der Waals surface area contributed by atoms with Gasteiger partial charge in [-0.15, -0.1) is 13.2 Å². The molecule has 0 spiro atoms. The Morgan fingerprint density at radius 1 is 0.871 bits per heavy atom. The number of benzene rings is 2. The molecule has 4 saturated heterocycles. The topological polar surface area (TPSA) is 193 Å². The number of morpholine rings is 1. The van der Waals surface area contributed by atoms with Gasteiger partial charge in [0.1, 0.15) is 59.7 Å². The van der Waals surface area contributed by atoms with Crippen molar-refractivity contribution in [3.05, 3.63) is 65.2 Å². The van der Waals surface area contributed by atoms with Crippen molar-refractivity contribution in [2.24, 2.45) is 5.92 Å². The number of alkyl halides is 3. The standard InChI is InChI=1S/C41H47F5N6O10/c1-21-13-31-40(59)61-23(3)34(39(58)50-10-4-5-30(50)38(57)51-11-12-60-20-32(51)36(55)47-22(2)37(56)52(31)19-21)49-35(54)29(16-25-14-26(42)18-27(43)15-25)48-33(53)17-24-6-8-28(9-7-24)62-41(44,45)46/h6-9,14-15,18,21-23,29-32,34H,4-5,10-13,16-17,19-20H2,1-3H3,(H,47,55)(H,48,53)(H,49,54)/t21-,22-,23-,29-,30?,31?,32?,34-/m0/s1. The number of hydrogen-bond donors (Lipinski definition) is 3. The predicted octanol–water partition coefficient (Wildman–Crippen LogP) is 1.52. The molecule has 0 aromatic heterocycles. The van der Waals surface area contributed by atoms with E-state index in [9.17, 15) is 55.5 Å². The highest BCUT2D eigenvalue weighted by molar-refractivity contribution is 5.98. The first-order valence-electron chi connectivity index (χ1n) is 20.2. The summed E-state index contributed by atoms with van der Waals surface area (Å²) in [5, 5.41) is 7.66. The normalized spacial score (nSPS) is 26.8. The molecule has 0 bridgehead atoms. The fourth-order valence-electron chi connectivity index (χ4n) is 8.25. The van der Waals surface area contributed by atoms with Gasteiger partial charge in [0.25, 0.3) is 0 Å². The van der Waals surface area contributed by atoms with Crippen molar-refractivity contribution in [3.8, 4) is 5.75 Å². The summed E-state index contributed by atoms with van der Waals surface area (Å²) in [6.07, 6.45) is -6.75. The Bertz CT molecular complexity index is 2040. The van der Waals surface area contributed by atoms with E-state index in [1.165, 1.54) is 40.7 Å². The second kappa shape index (κ2) is 19.0. The molecule has 4 aliphatic heterocycles. The van der Waals surface area contributed by atoms with Crippen LogP contribution in [0.2, 0.25) is 0 Å². The van der Waals surface area contributed by atoms with Crippen LogP contribution in [-0.2, 0) is 55.9 Å². The van der Waals surface area contributed by atoms with Crippen molar-refractivity contribution in [2.45, 2.75) is 102 Å². The number of carbonyl (C=O) groups excluding carboxylic acids is 7. The summed E-state index contributed by atoms with van der Waals surface area (Å²) in [6.45, 7) is 4.63. The van der Waals surface area contributed by atoms with Crippen molar-refractivity contribution in [2.75, 3.05) is 32.8 Å². The number of halogens is 5. The Labute approximate surface area is 352 Å². The van der Waals surface area contributed by atoms with Crippen molar-refractivity contribution in [3.63, 3.8) is 0 Å². The van der Waals surface area contributed by atoms with Gasteiger partial charge in [0.15, 0.2) is 0 Å². The summed E-state index contributed by atoms with van der Waals surface area (Å²) < 4.78 is 82.0. The Morgan fingerprint density at radius 2 is 1.55 bits per heavy atom. The van der Waals surface area contributed by atoms with Crippen LogP contribution in [0.4, 0.5) is 22.0 Å². The molecule has 6 rings (SSSR count). The van der Waals surface area contributed by atoms with Crippen LogP contribution in [0.15, 0.2) is 42.5 Å². The number of rotatable bonds is 8. The molecule has 4 aliphatic rings. The van der Waals surface area contributed by atoms with Gasteiger partial charge in [-0.05, 0) is 74.4 Å². The fourth-order valence-corrected chi connectivity index (χ4v) is 8.25. The van der Waals surface area contributed by atoms with Gasteiger partial charge < -0.3 is 44.9 Å². The maximum Gasteiger partial charge on any atom is 0.573 e. The molecule has 0 saturated carbocycles. The summed E-state index contributed by atoms with van der Waals surface area (Å²) in [4.78, 5) is 102. The lowest BCUT2D eigenvalue weighted by atomic mass is 10.0. The number of nitrogens with one attached hydrogen (secondary N) is 3. The van der Waals surface area contributed by atoms with Crippen LogP contribution in [0.5, 0.6) is 5.75 Å². The number of cyclic esters (lactones) is 1. The largest absolute Gasteiger partial charge is 0.573 e. The highest BCUT2D eigenvalue weighted by Crippen LogP contribution is 2.28. The molecule has 3 N–H and O–H groups in total. The van der Waals surface area contributed by atoms with Gasteiger partial charge >= 0.3 is 12.3 Å². The predicted molar refractivity (Wildman–Crippen MR) is 204 cm³/mol. The zero-order valence-electron chi connectivity index (χ0n) is 34.0. The van der Waals surface area contributed by atoms with Crippen LogP contribution in [0.1, 0.15) is 51.2 Å². The number of fused-ring (bicyclic) bond motifs is 3. The lowest BCUT2D eigenvalue weighted by Crippen LogP contribution is -2.64. The number of esters is 1. The van der Waals surface area contributed by atoms with Crippen LogP contribution in [-0.4, -0.2) is 138 Å². The van der Waals surface area contributed by atoms with Crippen LogP contribution in [0.25, 0.3) is 0 Å². The van der Waals surface area contributed by atoms with E-state index in [0.717, 1.165) is 24.3 Å².